The number of oxazole rings is 1. The predicted molar refractivity (Wildman–Crippen MR) is 83.4 cm³/mol. The largest absolute Gasteiger partial charge is 0.423 e. The zero-order valence-corrected chi connectivity index (χ0v) is 12.7. The fourth-order valence-corrected chi connectivity index (χ4v) is 3.09. The van der Waals surface area contributed by atoms with Crippen molar-refractivity contribution in [3.63, 3.8) is 0 Å². The van der Waals surface area contributed by atoms with Crippen LogP contribution in [0.2, 0.25) is 0 Å². The molecule has 1 aromatic carbocycles. The lowest BCUT2D eigenvalue weighted by Crippen LogP contribution is -2.39. The van der Waals surface area contributed by atoms with E-state index in [0.29, 0.717) is 12.0 Å². The van der Waals surface area contributed by atoms with Gasteiger partial charge >= 0.3 is 0 Å². The maximum absolute atomic E-state index is 5.99. The van der Waals surface area contributed by atoms with Gasteiger partial charge in [0.2, 0.25) is 0 Å². The summed E-state index contributed by atoms with van der Waals surface area (Å²) in [6.45, 7) is 7.74. The Labute approximate surface area is 121 Å². The van der Waals surface area contributed by atoms with Crippen LogP contribution in [0.15, 0.2) is 22.6 Å². The normalized spacial score (nSPS) is 20.0. The van der Waals surface area contributed by atoms with Gasteiger partial charge in [0.1, 0.15) is 5.52 Å². The number of fused-ring (bicyclic) bond motifs is 1. The van der Waals surface area contributed by atoms with Crippen LogP contribution in [0.3, 0.4) is 0 Å². The molecule has 108 valence electrons. The smallest absolute Gasteiger partial charge is 0.298 e. The Kier molecular flexibility index (Phi) is 3.68. The molecule has 1 saturated heterocycles. The first-order valence-corrected chi connectivity index (χ1v) is 7.86. The van der Waals surface area contributed by atoms with Crippen molar-refractivity contribution in [2.75, 3.05) is 11.4 Å². The Morgan fingerprint density at radius 1 is 1.35 bits per heavy atom. The summed E-state index contributed by atoms with van der Waals surface area (Å²) in [5.41, 5.74) is 3.22. The average molecular weight is 272 g/mol. The number of benzene rings is 1. The molecule has 2 heterocycles. The van der Waals surface area contributed by atoms with E-state index in [2.05, 4.69) is 43.9 Å². The molecule has 1 atom stereocenters. The summed E-state index contributed by atoms with van der Waals surface area (Å²) in [5.74, 6) is 0.526. The highest BCUT2D eigenvalue weighted by atomic mass is 16.4. The predicted octanol–water partition coefficient (Wildman–Crippen LogP) is 4.72. The van der Waals surface area contributed by atoms with Gasteiger partial charge in [-0.3, -0.25) is 0 Å². The SMILES string of the molecule is CCC1CCCCN1c1nc2cc(C(C)C)ccc2o1. The van der Waals surface area contributed by atoms with Crippen LogP contribution in [0.5, 0.6) is 0 Å². The van der Waals surface area contributed by atoms with E-state index in [4.69, 9.17) is 9.40 Å². The molecule has 0 radical (unpaired) electrons. The molecule has 0 spiro atoms. The van der Waals surface area contributed by atoms with Crippen LogP contribution < -0.4 is 4.90 Å². The molecule has 3 nitrogen and oxygen atoms in total. The summed E-state index contributed by atoms with van der Waals surface area (Å²) in [6.07, 6.45) is 4.99. The second-order valence-electron chi connectivity index (χ2n) is 6.13. The van der Waals surface area contributed by atoms with E-state index in [1.165, 1.54) is 24.8 Å². The molecule has 0 aliphatic carbocycles. The Bertz CT molecular complexity index is 588. The lowest BCUT2D eigenvalue weighted by molar-refractivity contribution is 0.416. The zero-order valence-electron chi connectivity index (χ0n) is 12.7. The van der Waals surface area contributed by atoms with Gasteiger partial charge in [0.25, 0.3) is 6.01 Å². The number of anilines is 1. The molecule has 1 aliphatic heterocycles. The maximum Gasteiger partial charge on any atom is 0.298 e. The van der Waals surface area contributed by atoms with Gasteiger partial charge in [-0.05, 0) is 49.3 Å². The van der Waals surface area contributed by atoms with E-state index in [-0.39, 0.29) is 0 Å². The third kappa shape index (κ3) is 2.41. The summed E-state index contributed by atoms with van der Waals surface area (Å²) in [4.78, 5) is 7.10. The van der Waals surface area contributed by atoms with E-state index < -0.39 is 0 Å². The lowest BCUT2D eigenvalue weighted by atomic mass is 10.0. The molecule has 1 unspecified atom stereocenters. The van der Waals surface area contributed by atoms with E-state index in [1.54, 1.807) is 0 Å². The summed E-state index contributed by atoms with van der Waals surface area (Å²) < 4.78 is 5.99. The van der Waals surface area contributed by atoms with Crippen LogP contribution in [0.25, 0.3) is 11.1 Å². The number of hydrogen-bond acceptors (Lipinski definition) is 3. The highest BCUT2D eigenvalue weighted by Crippen LogP contribution is 2.30. The van der Waals surface area contributed by atoms with Crippen LogP contribution in [-0.2, 0) is 0 Å². The van der Waals surface area contributed by atoms with Gasteiger partial charge in [-0.25, -0.2) is 0 Å². The van der Waals surface area contributed by atoms with E-state index in [1.807, 2.05) is 0 Å². The fraction of sp³-hybridized carbons (Fsp3) is 0.588. The molecule has 0 amide bonds. The second-order valence-corrected chi connectivity index (χ2v) is 6.13. The van der Waals surface area contributed by atoms with Crippen LogP contribution in [0.1, 0.15) is 57.9 Å². The first-order chi connectivity index (χ1) is 9.69. The van der Waals surface area contributed by atoms with Gasteiger partial charge in [-0.15, -0.1) is 0 Å². The van der Waals surface area contributed by atoms with Crippen molar-refractivity contribution >= 4 is 17.1 Å². The molecule has 0 bridgehead atoms. The molecule has 0 N–H and O–H groups in total. The highest BCUT2D eigenvalue weighted by Gasteiger charge is 2.25. The average Bonchev–Trinajstić information content (AvgIpc) is 2.89. The molecule has 0 saturated carbocycles. The van der Waals surface area contributed by atoms with Crippen molar-refractivity contribution in [1.29, 1.82) is 0 Å². The Morgan fingerprint density at radius 3 is 2.95 bits per heavy atom. The summed E-state index contributed by atoms with van der Waals surface area (Å²) in [6, 6.07) is 7.77. The molecule has 2 aromatic rings. The zero-order chi connectivity index (χ0) is 14.1. The van der Waals surface area contributed by atoms with Crippen LogP contribution in [0.4, 0.5) is 6.01 Å². The van der Waals surface area contributed by atoms with Gasteiger partial charge in [-0.1, -0.05) is 26.8 Å². The number of piperidine rings is 1. The third-order valence-corrected chi connectivity index (χ3v) is 4.41. The van der Waals surface area contributed by atoms with Crippen molar-refractivity contribution in [3.8, 4) is 0 Å². The molecule has 1 fully saturated rings. The van der Waals surface area contributed by atoms with Crippen LogP contribution in [0, 0.1) is 0 Å². The summed E-state index contributed by atoms with van der Waals surface area (Å²) in [5, 5.41) is 0. The summed E-state index contributed by atoms with van der Waals surface area (Å²) in [7, 11) is 0. The van der Waals surface area contributed by atoms with Crippen molar-refractivity contribution in [1.82, 2.24) is 4.98 Å². The van der Waals surface area contributed by atoms with E-state index >= 15 is 0 Å². The van der Waals surface area contributed by atoms with E-state index in [0.717, 1.165) is 30.1 Å². The minimum Gasteiger partial charge on any atom is -0.423 e. The molecule has 3 rings (SSSR count). The topological polar surface area (TPSA) is 29.3 Å². The van der Waals surface area contributed by atoms with Crippen molar-refractivity contribution < 1.29 is 4.42 Å². The maximum atomic E-state index is 5.99. The summed E-state index contributed by atoms with van der Waals surface area (Å²) >= 11 is 0. The molecule has 3 heteroatoms. The first-order valence-electron chi connectivity index (χ1n) is 7.86. The van der Waals surface area contributed by atoms with Crippen LogP contribution in [-0.4, -0.2) is 17.6 Å². The highest BCUT2D eigenvalue weighted by molar-refractivity contribution is 5.75. The molecular formula is C17H24N2O. The number of hydrogen-bond donors (Lipinski definition) is 0. The Balaban J connectivity index is 1.95. The first kappa shape index (κ1) is 13.5. The minimum absolute atomic E-state index is 0.526. The monoisotopic (exact) mass is 272 g/mol. The van der Waals surface area contributed by atoms with Crippen molar-refractivity contribution in [2.24, 2.45) is 0 Å². The Morgan fingerprint density at radius 2 is 2.20 bits per heavy atom. The third-order valence-electron chi connectivity index (χ3n) is 4.41. The lowest BCUT2D eigenvalue weighted by Gasteiger charge is -2.33. The van der Waals surface area contributed by atoms with Crippen molar-refractivity contribution in [2.45, 2.75) is 58.4 Å². The minimum atomic E-state index is 0.526. The van der Waals surface area contributed by atoms with Crippen molar-refractivity contribution in [3.05, 3.63) is 23.8 Å². The standard InChI is InChI=1S/C17H24N2O/c1-4-14-7-5-6-10-19(14)17-18-15-11-13(12(2)3)8-9-16(15)20-17/h8-9,11-12,14H,4-7,10H2,1-3H3. The number of rotatable bonds is 3. The molecular weight excluding hydrogens is 248 g/mol. The fourth-order valence-electron chi connectivity index (χ4n) is 3.09. The Hall–Kier alpha value is -1.51. The van der Waals surface area contributed by atoms with Crippen LogP contribution >= 0.6 is 0 Å². The number of aromatic nitrogens is 1. The molecule has 1 aromatic heterocycles. The van der Waals surface area contributed by atoms with Gasteiger partial charge < -0.3 is 9.32 Å². The van der Waals surface area contributed by atoms with E-state index in [9.17, 15) is 0 Å². The van der Waals surface area contributed by atoms with Gasteiger partial charge in [-0.2, -0.15) is 4.98 Å². The number of nitrogens with zero attached hydrogens (tertiary/aromatic N) is 2. The van der Waals surface area contributed by atoms with Gasteiger partial charge in [0.15, 0.2) is 5.58 Å². The quantitative estimate of drug-likeness (QED) is 0.809. The molecule has 20 heavy (non-hydrogen) atoms. The van der Waals surface area contributed by atoms with Gasteiger partial charge in [0.05, 0.1) is 0 Å². The van der Waals surface area contributed by atoms with Gasteiger partial charge in [0, 0.05) is 12.6 Å². The molecule has 1 aliphatic rings. The second kappa shape index (κ2) is 5.47.